The first-order valence-corrected chi connectivity index (χ1v) is 20.7. The highest BCUT2D eigenvalue weighted by atomic mass is 32.8. The Bertz CT molecular complexity index is 2050. The summed E-state index contributed by atoms with van der Waals surface area (Å²) in [5.74, 6) is 1.64. The van der Waals surface area contributed by atoms with Crippen molar-refractivity contribution in [2.45, 2.75) is 56.7 Å². The second kappa shape index (κ2) is 15.3. The van der Waals surface area contributed by atoms with E-state index in [4.69, 9.17) is 30.1 Å². The van der Waals surface area contributed by atoms with E-state index in [1.54, 1.807) is 48.3 Å². The molecule has 0 radical (unpaired) electrons. The van der Waals surface area contributed by atoms with Crippen LogP contribution in [-0.2, 0) is 33.9 Å². The average Bonchev–Trinajstić information content (AvgIpc) is 3.67. The molecule has 7 rings (SSSR count). The molecule has 0 saturated carbocycles. The number of carbonyl (C=O) groups excluding carboxylic acids is 2. The van der Waals surface area contributed by atoms with Gasteiger partial charge in [-0.3, -0.25) is 19.6 Å². The molecule has 4 aliphatic rings. The van der Waals surface area contributed by atoms with Gasteiger partial charge in [-0.05, 0) is 74.4 Å². The molecule has 3 aromatic carbocycles. The summed E-state index contributed by atoms with van der Waals surface area (Å²) in [5, 5.41) is 0. The molecule has 3 aromatic rings. The molecule has 2 saturated heterocycles. The third-order valence-corrected chi connectivity index (χ3v) is 13.6. The van der Waals surface area contributed by atoms with Crippen LogP contribution in [-0.4, -0.2) is 98.0 Å². The van der Waals surface area contributed by atoms with Crippen molar-refractivity contribution in [3.8, 4) is 23.0 Å². The number of hydrogen-bond donors (Lipinski definition) is 0. The maximum Gasteiger partial charge on any atom is 0.257 e. The van der Waals surface area contributed by atoms with Crippen molar-refractivity contribution in [1.29, 1.82) is 0 Å². The van der Waals surface area contributed by atoms with Gasteiger partial charge in [0, 0.05) is 61.7 Å². The minimum Gasteiger partial charge on any atom is -0.493 e. The van der Waals surface area contributed by atoms with Crippen LogP contribution in [0.4, 0.5) is 17.1 Å². The fourth-order valence-electron chi connectivity index (χ4n) is 7.42. The van der Waals surface area contributed by atoms with Gasteiger partial charge in [-0.15, -0.1) is 9.45 Å². The Morgan fingerprint density at radius 1 is 0.782 bits per heavy atom. The summed E-state index contributed by atoms with van der Waals surface area (Å²) < 4.78 is 24.2. The van der Waals surface area contributed by atoms with Crippen LogP contribution in [0.2, 0.25) is 0 Å². The number of rotatable bonds is 12. The van der Waals surface area contributed by atoms with Crippen LogP contribution in [0, 0.1) is 0 Å². The summed E-state index contributed by atoms with van der Waals surface area (Å²) in [4.78, 5) is 42.2. The van der Waals surface area contributed by atoms with E-state index in [1.165, 1.54) is 0 Å². The lowest BCUT2D eigenvalue weighted by Gasteiger charge is -2.32. The van der Waals surface area contributed by atoms with Crippen LogP contribution in [0.5, 0.6) is 23.0 Å². The van der Waals surface area contributed by atoms with Crippen molar-refractivity contribution in [2.24, 2.45) is 9.98 Å². The minimum absolute atomic E-state index is 0.0990. The largest absolute Gasteiger partial charge is 0.493 e. The van der Waals surface area contributed by atoms with E-state index in [-0.39, 0.29) is 51.3 Å². The number of benzene rings is 3. The predicted octanol–water partition coefficient (Wildman–Crippen LogP) is 6.76. The summed E-state index contributed by atoms with van der Waals surface area (Å²) in [7, 11) is 4.95. The SMILES string of the molecule is C=C1C[C@H]2C=Nc3cc(OCc4cc(COc5cc6c(cc5OC)C(=O)N5CC(=C)C[C@H]5C=N6)cc(N(C)CC(C)(C)S(C)=S)c4)c(OC)cc3C(=O)N2C1. The van der Waals surface area contributed by atoms with Crippen molar-refractivity contribution < 1.29 is 28.5 Å². The number of carbonyl (C=O) groups is 2. The topological polar surface area (TPSA) is 105 Å². The molecule has 55 heavy (non-hydrogen) atoms. The first-order chi connectivity index (χ1) is 26.2. The van der Waals surface area contributed by atoms with Gasteiger partial charge in [0.25, 0.3) is 11.8 Å². The molecule has 0 aliphatic carbocycles. The second-order valence-electron chi connectivity index (χ2n) is 15.2. The number of methoxy groups -OCH3 is 2. The van der Waals surface area contributed by atoms with Crippen LogP contribution in [0.15, 0.2) is 76.8 Å². The highest BCUT2D eigenvalue weighted by Gasteiger charge is 2.36. The molecule has 1 unspecified atom stereocenters. The number of ether oxygens (including phenoxy) is 4. The smallest absolute Gasteiger partial charge is 0.257 e. The Morgan fingerprint density at radius 3 is 1.65 bits per heavy atom. The number of aliphatic imine (C=N–C) groups is 2. The van der Waals surface area contributed by atoms with E-state index >= 15 is 0 Å². The van der Waals surface area contributed by atoms with E-state index in [2.05, 4.69) is 67.3 Å². The third kappa shape index (κ3) is 7.77. The zero-order valence-electron chi connectivity index (χ0n) is 32.2. The molecule has 0 N–H and O–H groups in total. The van der Waals surface area contributed by atoms with Gasteiger partial charge < -0.3 is 33.6 Å². The molecule has 2 amide bonds. The van der Waals surface area contributed by atoms with Gasteiger partial charge in [0.2, 0.25) is 0 Å². The zero-order valence-corrected chi connectivity index (χ0v) is 33.8. The van der Waals surface area contributed by atoms with Gasteiger partial charge in [-0.25, -0.2) is 0 Å². The van der Waals surface area contributed by atoms with Gasteiger partial charge in [-0.1, -0.05) is 35.5 Å². The number of hydrogen-bond acceptors (Lipinski definition) is 10. The van der Waals surface area contributed by atoms with E-state index in [9.17, 15) is 9.59 Å². The lowest BCUT2D eigenvalue weighted by Crippen LogP contribution is -2.39. The van der Waals surface area contributed by atoms with Gasteiger partial charge in [0.05, 0.1) is 48.8 Å². The molecular formula is C42H47N5O6S2. The fraction of sp³-hybridized carbons (Fsp3) is 0.381. The van der Waals surface area contributed by atoms with Gasteiger partial charge in [-0.2, -0.15) is 0 Å². The Kier molecular flexibility index (Phi) is 10.6. The summed E-state index contributed by atoms with van der Waals surface area (Å²) in [6.45, 7) is 14.7. The van der Waals surface area contributed by atoms with Crippen molar-refractivity contribution in [2.75, 3.05) is 52.1 Å². The first kappa shape index (κ1) is 38.3. The normalized spacial score (nSPS) is 19.3. The van der Waals surface area contributed by atoms with Gasteiger partial charge in [0.15, 0.2) is 23.0 Å². The number of nitrogens with zero attached hydrogens (tertiary/aromatic N) is 5. The highest BCUT2D eigenvalue weighted by molar-refractivity contribution is 8.29. The molecule has 4 heterocycles. The van der Waals surface area contributed by atoms with Crippen molar-refractivity contribution in [1.82, 2.24) is 9.80 Å². The Labute approximate surface area is 329 Å². The summed E-state index contributed by atoms with van der Waals surface area (Å²) >= 11 is 5.71. The van der Waals surface area contributed by atoms with E-state index in [0.717, 1.165) is 34.5 Å². The van der Waals surface area contributed by atoms with Crippen LogP contribution in [0.25, 0.3) is 0 Å². The molecule has 0 spiro atoms. The molecule has 3 atom stereocenters. The molecule has 4 aliphatic heterocycles. The Hall–Kier alpha value is -5.01. The zero-order chi connectivity index (χ0) is 39.2. The quantitative estimate of drug-likeness (QED) is 0.186. The molecule has 2 fully saturated rings. The lowest BCUT2D eigenvalue weighted by atomic mass is 10.1. The van der Waals surface area contributed by atoms with Crippen LogP contribution in [0.1, 0.15) is 58.5 Å². The molecule has 288 valence electrons. The maximum atomic E-state index is 13.5. The molecule has 13 heteroatoms. The Morgan fingerprint density at radius 2 is 1.24 bits per heavy atom. The number of anilines is 1. The average molecular weight is 782 g/mol. The van der Waals surface area contributed by atoms with Crippen molar-refractivity contribution in [3.63, 3.8) is 0 Å². The van der Waals surface area contributed by atoms with E-state index in [1.807, 2.05) is 18.5 Å². The summed E-state index contributed by atoms with van der Waals surface area (Å²) in [6, 6.07) is 13.0. The van der Waals surface area contributed by atoms with Gasteiger partial charge in [0.1, 0.15) is 13.2 Å². The molecule has 11 nitrogen and oxygen atoms in total. The second-order valence-corrected chi connectivity index (χ2v) is 18.7. The lowest BCUT2D eigenvalue weighted by molar-refractivity contribution is 0.0769. The van der Waals surface area contributed by atoms with Crippen molar-refractivity contribution >= 4 is 61.9 Å². The highest BCUT2D eigenvalue weighted by Crippen LogP contribution is 2.41. The standard InChI is InChI=1S/C42H47N5O6S2/c1-25-9-30-18-43-34-16-38(36(50-6)14-32(34)40(48)46(30)20-25)52-22-27-11-28(13-29(12-27)45(5)24-42(3,4)55(8)54)23-53-39-17-35-33(15-37(39)51-7)41(49)47-21-26(2)10-31(47)19-44-35/h11-19,30-31H,1-2,9-10,20-24H2,3-8H3/t30-,31-,55?/m0/s1. The third-order valence-electron chi connectivity index (χ3n) is 10.6. The van der Waals surface area contributed by atoms with E-state index < -0.39 is 0 Å². The minimum atomic E-state index is -0.233. The van der Waals surface area contributed by atoms with Gasteiger partial charge >= 0.3 is 0 Å². The monoisotopic (exact) mass is 781 g/mol. The molecular weight excluding hydrogens is 735 g/mol. The maximum absolute atomic E-state index is 13.5. The predicted molar refractivity (Wildman–Crippen MR) is 223 cm³/mol. The van der Waals surface area contributed by atoms with Crippen LogP contribution < -0.4 is 23.8 Å². The Balaban J connectivity index is 1.16. The number of fused-ring (bicyclic) bond motifs is 4. The first-order valence-electron chi connectivity index (χ1n) is 18.2. The summed E-state index contributed by atoms with van der Waals surface area (Å²) in [6.07, 6.45) is 7.13. The van der Waals surface area contributed by atoms with Crippen LogP contribution >= 0.6 is 0 Å². The molecule has 0 aromatic heterocycles. The van der Waals surface area contributed by atoms with E-state index in [0.29, 0.717) is 71.4 Å². The van der Waals surface area contributed by atoms with Crippen molar-refractivity contribution in [3.05, 3.63) is 89.0 Å². The molecule has 0 bridgehead atoms. The van der Waals surface area contributed by atoms with Crippen LogP contribution in [0.3, 0.4) is 0 Å². The summed E-state index contributed by atoms with van der Waals surface area (Å²) in [5.41, 5.74) is 6.81. The fourth-order valence-corrected chi connectivity index (χ4v) is 7.95. The number of amides is 2.